The Hall–Kier alpha value is -2.41. The minimum absolute atomic E-state index is 0.0766. The van der Waals surface area contributed by atoms with E-state index in [0.29, 0.717) is 23.5 Å². The molecule has 0 fully saturated rings. The quantitative estimate of drug-likeness (QED) is 0.439. The van der Waals surface area contributed by atoms with Crippen LogP contribution < -0.4 is 9.46 Å². The van der Waals surface area contributed by atoms with Crippen LogP contribution in [0.1, 0.15) is 5.56 Å². The fourth-order valence-corrected chi connectivity index (χ4v) is 4.02. The normalized spacial score (nSPS) is 11.0. The summed E-state index contributed by atoms with van der Waals surface area (Å²) < 4.78 is 31.7. The molecule has 2 rings (SSSR count). The van der Waals surface area contributed by atoms with Crippen LogP contribution in [-0.4, -0.2) is 26.5 Å². The molecule has 0 amide bonds. The molecular weight excluding hydrogens is 352 g/mol. The average molecular weight is 366 g/mol. The third kappa shape index (κ3) is 4.79. The molecule has 1 aromatic carbocycles. The van der Waals surface area contributed by atoms with Gasteiger partial charge in [0.2, 0.25) is 10.0 Å². The second kappa shape index (κ2) is 7.92. The van der Waals surface area contributed by atoms with E-state index in [-0.39, 0.29) is 22.4 Å². The van der Waals surface area contributed by atoms with Crippen molar-refractivity contribution in [2.45, 2.75) is 10.6 Å². The van der Waals surface area contributed by atoms with Gasteiger partial charge in [-0.25, -0.2) is 13.1 Å². The Morgan fingerprint density at radius 1 is 1.25 bits per heavy atom. The largest absolute Gasteiger partial charge is 0.481 e. The topological polar surface area (TPSA) is 98.5 Å². The van der Waals surface area contributed by atoms with Gasteiger partial charge in [-0.1, -0.05) is 18.1 Å². The van der Waals surface area contributed by atoms with E-state index < -0.39 is 14.9 Å². The molecule has 0 aliphatic carbocycles. The van der Waals surface area contributed by atoms with Crippen molar-refractivity contribution < 1.29 is 18.1 Å². The molecule has 2 aromatic rings. The highest BCUT2D eigenvalue weighted by molar-refractivity contribution is 7.91. The molecule has 0 radical (unpaired) electrons. The highest BCUT2D eigenvalue weighted by Gasteiger charge is 2.20. The highest BCUT2D eigenvalue weighted by atomic mass is 32.2. The maximum atomic E-state index is 12.1. The average Bonchev–Trinajstić information content (AvgIpc) is 3.05. The number of rotatable bonds is 8. The zero-order valence-electron chi connectivity index (χ0n) is 12.5. The summed E-state index contributed by atoms with van der Waals surface area (Å²) in [6, 6.07) is 9.54. The fraction of sp³-hybridized carbons (Fsp3) is 0.200. The van der Waals surface area contributed by atoms with Crippen molar-refractivity contribution in [1.29, 1.82) is 0 Å². The van der Waals surface area contributed by atoms with Gasteiger partial charge in [-0.15, -0.1) is 6.42 Å². The van der Waals surface area contributed by atoms with E-state index in [1.807, 2.05) is 12.1 Å². The predicted molar refractivity (Wildman–Crippen MR) is 90.6 cm³/mol. The van der Waals surface area contributed by atoms with Gasteiger partial charge in [-0.2, -0.15) is 0 Å². The maximum Gasteiger partial charge on any atom is 0.325 e. The summed E-state index contributed by atoms with van der Waals surface area (Å²) in [5.41, 5.74) is 0.919. The number of ether oxygens (including phenoxy) is 1. The Morgan fingerprint density at radius 3 is 2.54 bits per heavy atom. The minimum atomic E-state index is -3.75. The van der Waals surface area contributed by atoms with E-state index in [2.05, 4.69) is 10.6 Å². The summed E-state index contributed by atoms with van der Waals surface area (Å²) in [5.74, 6) is 3.01. The van der Waals surface area contributed by atoms with Crippen LogP contribution in [0.15, 0.2) is 40.6 Å². The van der Waals surface area contributed by atoms with Crippen molar-refractivity contribution in [3.8, 4) is 18.1 Å². The Morgan fingerprint density at radius 2 is 1.96 bits per heavy atom. The van der Waals surface area contributed by atoms with Crippen LogP contribution in [0.3, 0.4) is 0 Å². The van der Waals surface area contributed by atoms with E-state index in [0.717, 1.165) is 5.56 Å². The molecule has 0 bridgehead atoms. The number of terminal acetylenes is 1. The molecule has 0 atom stereocenters. The van der Waals surface area contributed by atoms with Gasteiger partial charge in [-0.3, -0.25) is 10.1 Å². The molecule has 1 aromatic heterocycles. The minimum Gasteiger partial charge on any atom is -0.481 e. The van der Waals surface area contributed by atoms with Crippen LogP contribution in [0.5, 0.6) is 5.75 Å². The van der Waals surface area contributed by atoms with E-state index in [1.54, 1.807) is 12.1 Å². The van der Waals surface area contributed by atoms with Crippen LogP contribution in [0, 0.1) is 22.5 Å². The van der Waals surface area contributed by atoms with Gasteiger partial charge in [0.25, 0.3) is 0 Å². The van der Waals surface area contributed by atoms with Crippen molar-refractivity contribution >= 4 is 26.4 Å². The number of nitro groups is 1. The van der Waals surface area contributed by atoms with Gasteiger partial charge in [0.05, 0.1) is 4.92 Å². The summed E-state index contributed by atoms with van der Waals surface area (Å²) in [7, 11) is -3.75. The molecule has 9 heteroatoms. The Kier molecular flexibility index (Phi) is 5.92. The Bertz CT molecular complexity index is 851. The van der Waals surface area contributed by atoms with Gasteiger partial charge in [0.1, 0.15) is 16.6 Å². The van der Waals surface area contributed by atoms with Crippen molar-refractivity contribution in [3.05, 3.63) is 52.1 Å². The second-order valence-electron chi connectivity index (χ2n) is 4.63. The number of nitrogens with zero attached hydrogens (tertiary/aromatic N) is 1. The number of nitrogens with one attached hydrogen (secondary N) is 1. The van der Waals surface area contributed by atoms with Crippen LogP contribution in [0.4, 0.5) is 5.00 Å². The van der Waals surface area contributed by atoms with Crippen molar-refractivity contribution in [2.75, 3.05) is 13.2 Å². The van der Waals surface area contributed by atoms with E-state index in [1.165, 1.54) is 12.1 Å². The maximum absolute atomic E-state index is 12.1. The molecule has 0 spiro atoms. The van der Waals surface area contributed by atoms with Crippen molar-refractivity contribution in [2.24, 2.45) is 0 Å². The lowest BCUT2D eigenvalue weighted by molar-refractivity contribution is -0.380. The van der Waals surface area contributed by atoms with Crippen molar-refractivity contribution in [3.63, 3.8) is 0 Å². The van der Waals surface area contributed by atoms with Gasteiger partial charge in [0.15, 0.2) is 0 Å². The smallest absolute Gasteiger partial charge is 0.325 e. The molecule has 0 saturated carbocycles. The first-order valence-electron chi connectivity index (χ1n) is 6.81. The Labute approximate surface area is 143 Å². The molecule has 0 aliphatic heterocycles. The first-order chi connectivity index (χ1) is 11.4. The summed E-state index contributed by atoms with van der Waals surface area (Å²) in [5, 5.41) is 10.4. The zero-order chi connectivity index (χ0) is 17.6. The van der Waals surface area contributed by atoms with Gasteiger partial charge in [-0.05, 0) is 41.5 Å². The number of hydrogen-bond donors (Lipinski definition) is 1. The molecule has 1 heterocycles. The summed E-state index contributed by atoms with van der Waals surface area (Å²) in [6.45, 7) is 0.366. The van der Waals surface area contributed by atoms with E-state index in [4.69, 9.17) is 11.2 Å². The van der Waals surface area contributed by atoms with Crippen LogP contribution >= 0.6 is 11.3 Å². The summed E-state index contributed by atoms with van der Waals surface area (Å²) >= 11 is 0.622. The fourth-order valence-electron chi connectivity index (χ4n) is 1.83. The summed E-state index contributed by atoms with van der Waals surface area (Å²) in [6.07, 6.45) is 5.58. The van der Waals surface area contributed by atoms with Gasteiger partial charge >= 0.3 is 5.00 Å². The summed E-state index contributed by atoms with van der Waals surface area (Å²) in [4.78, 5) is 10.00. The lowest BCUT2D eigenvalue weighted by Crippen LogP contribution is -2.25. The van der Waals surface area contributed by atoms with Crippen LogP contribution in [0.2, 0.25) is 0 Å². The molecule has 126 valence electrons. The lowest BCUT2D eigenvalue weighted by Gasteiger charge is -2.06. The molecule has 24 heavy (non-hydrogen) atoms. The standard InChI is InChI=1S/C15H14N2O5S2/c1-2-11-22-13-5-3-12(4-6-13)9-10-16-24(20,21)15-8-7-14(23-15)17(18)19/h1,3-8,16H,9-11H2. The monoisotopic (exact) mass is 366 g/mol. The molecule has 0 unspecified atom stereocenters. The SMILES string of the molecule is C#CCOc1ccc(CCNS(=O)(=O)c2ccc([N+](=O)[O-])s2)cc1. The molecule has 1 N–H and O–H groups in total. The van der Waals surface area contributed by atoms with Crippen LogP contribution in [0.25, 0.3) is 0 Å². The van der Waals surface area contributed by atoms with Crippen molar-refractivity contribution in [1.82, 2.24) is 4.72 Å². The predicted octanol–water partition coefficient (Wildman–Crippen LogP) is 2.19. The third-order valence-corrected chi connectivity index (χ3v) is 5.95. The van der Waals surface area contributed by atoms with E-state index in [9.17, 15) is 18.5 Å². The molecule has 0 aliphatic rings. The first-order valence-corrected chi connectivity index (χ1v) is 9.11. The lowest BCUT2D eigenvalue weighted by atomic mass is 10.1. The highest BCUT2D eigenvalue weighted by Crippen LogP contribution is 2.27. The number of benzene rings is 1. The number of hydrogen-bond acceptors (Lipinski definition) is 6. The van der Waals surface area contributed by atoms with Crippen LogP contribution in [-0.2, 0) is 16.4 Å². The van der Waals surface area contributed by atoms with Gasteiger partial charge in [0, 0.05) is 12.6 Å². The second-order valence-corrected chi connectivity index (χ2v) is 7.69. The first kappa shape index (κ1) is 17.9. The Balaban J connectivity index is 1.90. The van der Waals surface area contributed by atoms with E-state index >= 15 is 0 Å². The zero-order valence-corrected chi connectivity index (χ0v) is 14.1. The molecule has 7 nitrogen and oxygen atoms in total. The third-order valence-electron chi connectivity index (χ3n) is 2.96. The number of sulfonamides is 1. The molecular formula is C15H14N2O5S2. The van der Waals surface area contributed by atoms with Gasteiger partial charge < -0.3 is 4.74 Å². The molecule has 0 saturated heterocycles. The number of thiophene rings is 1.